The van der Waals surface area contributed by atoms with Crippen LogP contribution in [0.4, 0.5) is 5.69 Å². The molecule has 5 aromatic rings. The molecule has 0 aliphatic heterocycles. The Morgan fingerprint density at radius 3 is 2.74 bits per heavy atom. The lowest BCUT2D eigenvalue weighted by Crippen LogP contribution is -1.87. The number of hydrogen-bond acceptors (Lipinski definition) is 5. The molecule has 1 aliphatic rings. The molecule has 0 atom stereocenters. The van der Waals surface area contributed by atoms with E-state index in [1.807, 2.05) is 24.3 Å². The van der Waals surface area contributed by atoms with Gasteiger partial charge >= 0.3 is 0 Å². The van der Waals surface area contributed by atoms with Crippen molar-refractivity contribution in [3.05, 3.63) is 102 Å². The van der Waals surface area contributed by atoms with Gasteiger partial charge in [-0.25, -0.2) is 4.98 Å². The van der Waals surface area contributed by atoms with Crippen molar-refractivity contribution in [3.8, 4) is 16.9 Å². The minimum absolute atomic E-state index is 0.266. The van der Waals surface area contributed by atoms with E-state index >= 15 is 0 Å². The van der Waals surface area contributed by atoms with Crippen molar-refractivity contribution in [2.75, 3.05) is 0 Å². The Bertz CT molecular complexity index is 1630. The van der Waals surface area contributed by atoms with Gasteiger partial charge in [0.15, 0.2) is 4.34 Å². The van der Waals surface area contributed by atoms with Crippen molar-refractivity contribution in [1.82, 2.24) is 4.98 Å². The summed E-state index contributed by atoms with van der Waals surface area (Å²) in [4.78, 5) is 9.42. The van der Waals surface area contributed by atoms with Gasteiger partial charge in [-0.1, -0.05) is 54.2 Å². The largest absolute Gasteiger partial charge is 0.506 e. The Morgan fingerprint density at radius 2 is 1.83 bits per heavy atom. The number of aromatic hydroxyl groups is 1. The van der Waals surface area contributed by atoms with Gasteiger partial charge in [0.1, 0.15) is 5.75 Å². The number of nitrogens with zero attached hydrogens (tertiary/aromatic N) is 2. The standard InChI is InChI=1S/C28H18I2N2OS2/c29-20-11-19(27(33)24(30)12-20)14-31-21-6-8-25-26(13-21)35-28(32-25)34-15-16-5-7-23-18(9-16)10-17-3-1-2-4-22(17)23/h1-9,11-14,33H,10,15H2. The predicted octanol–water partition coefficient (Wildman–Crippen LogP) is 8.83. The van der Waals surface area contributed by atoms with Crippen LogP contribution in [0.1, 0.15) is 22.3 Å². The molecule has 1 aliphatic carbocycles. The van der Waals surface area contributed by atoms with Gasteiger partial charge in [-0.05, 0) is 110 Å². The van der Waals surface area contributed by atoms with Crippen LogP contribution in [0.5, 0.6) is 5.75 Å². The first-order valence-corrected chi connectivity index (χ1v) is 14.9. The summed E-state index contributed by atoms with van der Waals surface area (Å²) in [6.07, 6.45) is 2.75. The van der Waals surface area contributed by atoms with Crippen molar-refractivity contribution in [1.29, 1.82) is 0 Å². The van der Waals surface area contributed by atoms with Crippen molar-refractivity contribution in [2.45, 2.75) is 16.5 Å². The molecule has 7 heteroatoms. The molecule has 172 valence electrons. The summed E-state index contributed by atoms with van der Waals surface area (Å²) < 4.78 is 4.07. The van der Waals surface area contributed by atoms with Crippen LogP contribution in [0, 0.1) is 7.14 Å². The molecule has 0 amide bonds. The number of thioether (sulfide) groups is 1. The second-order valence-electron chi connectivity index (χ2n) is 8.33. The molecule has 1 N–H and O–H groups in total. The molecule has 3 nitrogen and oxygen atoms in total. The van der Waals surface area contributed by atoms with E-state index in [-0.39, 0.29) is 5.75 Å². The summed E-state index contributed by atoms with van der Waals surface area (Å²) in [6.45, 7) is 0. The smallest absolute Gasteiger partial charge is 0.151 e. The zero-order valence-corrected chi connectivity index (χ0v) is 24.3. The third kappa shape index (κ3) is 4.87. The highest BCUT2D eigenvalue weighted by molar-refractivity contribution is 14.1. The lowest BCUT2D eigenvalue weighted by molar-refractivity contribution is 0.470. The third-order valence-corrected chi connectivity index (χ3v) is 9.66. The summed E-state index contributed by atoms with van der Waals surface area (Å²) in [7, 11) is 0. The monoisotopic (exact) mass is 716 g/mol. The maximum atomic E-state index is 10.3. The average molecular weight is 716 g/mol. The van der Waals surface area contributed by atoms with Crippen molar-refractivity contribution >= 4 is 90.4 Å². The van der Waals surface area contributed by atoms with E-state index in [0.717, 1.165) is 45.1 Å². The van der Waals surface area contributed by atoms with Crippen LogP contribution in [-0.4, -0.2) is 16.3 Å². The number of hydrogen-bond donors (Lipinski definition) is 1. The van der Waals surface area contributed by atoms with E-state index in [9.17, 15) is 5.11 Å². The second-order valence-corrected chi connectivity index (χ2v) is 13.0. The number of fused-ring (bicyclic) bond motifs is 4. The van der Waals surface area contributed by atoms with Crippen molar-refractivity contribution in [2.24, 2.45) is 4.99 Å². The molecular formula is C28H18I2N2OS2. The highest BCUT2D eigenvalue weighted by Gasteiger charge is 2.18. The summed E-state index contributed by atoms with van der Waals surface area (Å²) in [5, 5.41) is 10.3. The fraction of sp³-hybridized carbons (Fsp3) is 0.0714. The highest BCUT2D eigenvalue weighted by atomic mass is 127. The van der Waals surface area contributed by atoms with E-state index in [1.54, 1.807) is 29.3 Å². The average Bonchev–Trinajstić information content (AvgIpc) is 3.44. The molecule has 1 aromatic heterocycles. The molecular weight excluding hydrogens is 698 g/mol. The van der Waals surface area contributed by atoms with Crippen LogP contribution in [0.2, 0.25) is 0 Å². The SMILES string of the molecule is Oc1c(I)cc(I)cc1C=Nc1ccc2nc(SCc3ccc4c(c3)Cc3ccccc3-4)sc2c1. The Morgan fingerprint density at radius 1 is 0.971 bits per heavy atom. The number of halogens is 2. The number of benzene rings is 4. The van der Waals surface area contributed by atoms with E-state index in [4.69, 9.17) is 4.98 Å². The summed E-state index contributed by atoms with van der Waals surface area (Å²) in [5.41, 5.74) is 9.48. The van der Waals surface area contributed by atoms with Gasteiger partial charge in [0.25, 0.3) is 0 Å². The van der Waals surface area contributed by atoms with Gasteiger partial charge in [-0.2, -0.15) is 0 Å². The Labute approximate surface area is 239 Å². The summed E-state index contributed by atoms with van der Waals surface area (Å²) in [6, 6.07) is 25.5. The van der Waals surface area contributed by atoms with Crippen LogP contribution in [0.15, 0.2) is 82.1 Å². The Hall–Kier alpha value is -1.95. The molecule has 6 rings (SSSR count). The van der Waals surface area contributed by atoms with Crippen LogP contribution in [0.25, 0.3) is 21.3 Å². The molecule has 4 aromatic carbocycles. The Kier molecular flexibility index (Phi) is 6.59. The second kappa shape index (κ2) is 9.84. The zero-order chi connectivity index (χ0) is 23.9. The third-order valence-electron chi connectivity index (χ3n) is 5.98. The zero-order valence-electron chi connectivity index (χ0n) is 18.3. The molecule has 1 heterocycles. The van der Waals surface area contributed by atoms with Gasteiger partial charge in [0.2, 0.25) is 0 Å². The maximum absolute atomic E-state index is 10.3. The van der Waals surface area contributed by atoms with Crippen LogP contribution in [0.3, 0.4) is 0 Å². The van der Waals surface area contributed by atoms with Gasteiger partial charge in [0.05, 0.1) is 19.5 Å². The number of aromatic nitrogens is 1. The first-order valence-electron chi connectivity index (χ1n) is 11.0. The van der Waals surface area contributed by atoms with Crippen LogP contribution >= 0.6 is 68.3 Å². The molecule has 0 unspecified atom stereocenters. The molecule has 0 spiro atoms. The maximum Gasteiger partial charge on any atom is 0.151 e. The molecule has 0 saturated heterocycles. The predicted molar refractivity (Wildman–Crippen MR) is 165 cm³/mol. The lowest BCUT2D eigenvalue weighted by atomic mass is 10.0. The first-order chi connectivity index (χ1) is 17.0. The van der Waals surface area contributed by atoms with E-state index < -0.39 is 0 Å². The van der Waals surface area contributed by atoms with Crippen LogP contribution in [-0.2, 0) is 12.2 Å². The molecule has 0 fully saturated rings. The number of phenols is 1. The van der Waals surface area contributed by atoms with Gasteiger partial charge in [-0.3, -0.25) is 4.99 Å². The molecule has 35 heavy (non-hydrogen) atoms. The topological polar surface area (TPSA) is 45.5 Å². The fourth-order valence-corrected chi connectivity index (χ4v) is 8.23. The summed E-state index contributed by atoms with van der Waals surface area (Å²) >= 11 is 7.88. The number of aliphatic imine (C=N–C) groups is 1. The number of rotatable bonds is 5. The summed E-state index contributed by atoms with van der Waals surface area (Å²) in [5.74, 6) is 1.17. The van der Waals surface area contributed by atoms with Gasteiger partial charge in [-0.15, -0.1) is 11.3 Å². The van der Waals surface area contributed by atoms with E-state index in [2.05, 4.69) is 98.7 Å². The fourth-order valence-electron chi connectivity index (χ4n) is 4.30. The van der Waals surface area contributed by atoms with Crippen LogP contribution < -0.4 is 0 Å². The van der Waals surface area contributed by atoms with Crippen molar-refractivity contribution < 1.29 is 5.11 Å². The molecule has 0 bridgehead atoms. The minimum atomic E-state index is 0.266. The number of phenolic OH excluding ortho intramolecular Hbond substituents is 1. The highest BCUT2D eigenvalue weighted by Crippen LogP contribution is 2.38. The minimum Gasteiger partial charge on any atom is -0.506 e. The van der Waals surface area contributed by atoms with Gasteiger partial charge in [0, 0.05) is 21.1 Å². The van der Waals surface area contributed by atoms with Gasteiger partial charge < -0.3 is 5.11 Å². The quantitative estimate of drug-likeness (QED) is 0.110. The normalized spacial score (nSPS) is 12.4. The van der Waals surface area contributed by atoms with E-state index in [0.29, 0.717) is 0 Å². The molecule has 0 saturated carbocycles. The lowest BCUT2D eigenvalue weighted by Gasteiger charge is -2.04. The van der Waals surface area contributed by atoms with E-state index in [1.165, 1.54) is 27.8 Å². The first kappa shape index (κ1) is 23.4. The number of thiazole rings is 1. The Balaban J connectivity index is 1.17. The van der Waals surface area contributed by atoms with Crippen molar-refractivity contribution in [3.63, 3.8) is 0 Å². The molecule has 0 radical (unpaired) electrons.